The molecule has 1 aromatic rings. The van der Waals surface area contributed by atoms with Gasteiger partial charge in [-0.3, -0.25) is 0 Å². The minimum absolute atomic E-state index is 0.299. The predicted octanol–water partition coefficient (Wildman–Crippen LogP) is 2.81. The molecule has 0 heterocycles. The fourth-order valence-corrected chi connectivity index (χ4v) is 3.14. The van der Waals surface area contributed by atoms with Crippen molar-refractivity contribution in [3.8, 4) is 0 Å². The van der Waals surface area contributed by atoms with E-state index in [1.165, 1.54) is 19.3 Å². The molecule has 0 spiro atoms. The first kappa shape index (κ1) is 16.0. The summed E-state index contributed by atoms with van der Waals surface area (Å²) in [5.74, 6) is -0.546. The van der Waals surface area contributed by atoms with Gasteiger partial charge in [-0.1, -0.05) is 31.4 Å². The van der Waals surface area contributed by atoms with Crippen molar-refractivity contribution in [2.24, 2.45) is 5.92 Å². The van der Waals surface area contributed by atoms with E-state index in [-0.39, 0.29) is 0 Å². The first-order valence-corrected chi connectivity index (χ1v) is 7.74. The molecule has 1 atom stereocenters. The van der Waals surface area contributed by atoms with Gasteiger partial charge in [-0.25, -0.2) is 4.79 Å². The third-order valence-electron chi connectivity index (χ3n) is 4.47. The van der Waals surface area contributed by atoms with E-state index in [9.17, 15) is 9.90 Å². The van der Waals surface area contributed by atoms with Gasteiger partial charge in [-0.15, -0.1) is 0 Å². The van der Waals surface area contributed by atoms with Crippen molar-refractivity contribution in [1.82, 2.24) is 5.32 Å². The number of carbonyl (C=O) groups is 1. The fraction of sp³-hybridized carbons (Fsp3) is 0.588. The number of hydrogen-bond donors (Lipinski definition) is 3. The molecule has 0 saturated heterocycles. The number of aromatic carboxylic acids is 1. The molecule has 1 unspecified atom stereocenters. The van der Waals surface area contributed by atoms with E-state index in [4.69, 9.17) is 5.11 Å². The molecule has 1 aromatic carbocycles. The van der Waals surface area contributed by atoms with Crippen molar-refractivity contribution in [2.45, 2.75) is 51.2 Å². The highest BCUT2D eigenvalue weighted by Crippen LogP contribution is 2.32. The van der Waals surface area contributed by atoms with Crippen LogP contribution in [0.1, 0.15) is 54.9 Å². The third kappa shape index (κ3) is 4.55. The lowest BCUT2D eigenvalue weighted by Gasteiger charge is -2.35. The Bertz CT molecular complexity index is 479. The third-order valence-corrected chi connectivity index (χ3v) is 4.47. The Labute approximate surface area is 126 Å². The molecule has 0 aliphatic heterocycles. The van der Waals surface area contributed by atoms with E-state index < -0.39 is 11.6 Å². The average molecular weight is 291 g/mol. The Morgan fingerprint density at radius 2 is 2.05 bits per heavy atom. The van der Waals surface area contributed by atoms with Crippen LogP contribution in [0.4, 0.5) is 0 Å². The first-order chi connectivity index (χ1) is 9.99. The van der Waals surface area contributed by atoms with Gasteiger partial charge >= 0.3 is 5.97 Å². The van der Waals surface area contributed by atoms with E-state index in [0.29, 0.717) is 24.6 Å². The molecule has 0 aromatic heterocycles. The molecule has 1 fully saturated rings. The molecule has 1 aliphatic carbocycles. The first-order valence-electron chi connectivity index (χ1n) is 7.74. The van der Waals surface area contributed by atoms with Crippen LogP contribution < -0.4 is 5.32 Å². The van der Waals surface area contributed by atoms with Crippen molar-refractivity contribution in [2.75, 3.05) is 6.54 Å². The van der Waals surface area contributed by atoms with Crippen molar-refractivity contribution >= 4 is 5.97 Å². The maximum absolute atomic E-state index is 10.9. The molecular formula is C17H25NO3. The van der Waals surface area contributed by atoms with Crippen molar-refractivity contribution in [3.63, 3.8) is 0 Å². The van der Waals surface area contributed by atoms with Crippen LogP contribution >= 0.6 is 0 Å². The maximum Gasteiger partial charge on any atom is 0.335 e. The largest absolute Gasteiger partial charge is 0.478 e. The Morgan fingerprint density at radius 3 is 2.71 bits per heavy atom. The molecule has 4 heteroatoms. The van der Waals surface area contributed by atoms with Crippen LogP contribution in [0.3, 0.4) is 0 Å². The maximum atomic E-state index is 10.9. The van der Waals surface area contributed by atoms with Crippen LogP contribution in [-0.4, -0.2) is 28.3 Å². The van der Waals surface area contributed by atoms with Crippen LogP contribution in [0.5, 0.6) is 0 Å². The standard InChI is InChI=1S/C17H25NO3/c1-17(21,15-8-3-2-4-9-15)12-18-11-13-6-5-7-14(10-13)16(19)20/h5-7,10,15,18,21H,2-4,8-9,11-12H2,1H3,(H,19,20). The number of nitrogens with one attached hydrogen (secondary N) is 1. The average Bonchev–Trinajstić information content (AvgIpc) is 2.48. The van der Waals surface area contributed by atoms with Crippen molar-refractivity contribution < 1.29 is 15.0 Å². The lowest BCUT2D eigenvalue weighted by molar-refractivity contribution is -0.0154. The molecule has 0 radical (unpaired) electrons. The van der Waals surface area contributed by atoms with E-state index in [1.54, 1.807) is 18.2 Å². The van der Waals surface area contributed by atoms with Gasteiger partial charge in [0, 0.05) is 13.1 Å². The zero-order valence-electron chi connectivity index (χ0n) is 12.6. The van der Waals surface area contributed by atoms with Gasteiger partial charge in [0.05, 0.1) is 11.2 Å². The summed E-state index contributed by atoms with van der Waals surface area (Å²) in [5, 5.41) is 22.8. The molecule has 4 nitrogen and oxygen atoms in total. The second-order valence-corrected chi connectivity index (χ2v) is 6.30. The summed E-state index contributed by atoms with van der Waals surface area (Å²) in [4.78, 5) is 10.9. The smallest absolute Gasteiger partial charge is 0.335 e. The summed E-state index contributed by atoms with van der Waals surface area (Å²) >= 11 is 0. The second kappa shape index (κ2) is 7.05. The van der Waals surface area contributed by atoms with Crippen molar-refractivity contribution in [3.05, 3.63) is 35.4 Å². The van der Waals surface area contributed by atoms with E-state index in [1.807, 2.05) is 13.0 Å². The van der Waals surface area contributed by atoms with Gasteiger partial charge in [0.1, 0.15) is 0 Å². The topological polar surface area (TPSA) is 69.6 Å². The number of hydrogen-bond acceptors (Lipinski definition) is 3. The summed E-state index contributed by atoms with van der Waals surface area (Å²) in [6, 6.07) is 6.91. The number of carboxylic acids is 1. The monoisotopic (exact) mass is 291 g/mol. The number of carboxylic acid groups (broad SMARTS) is 1. The molecule has 1 aliphatic rings. The Hall–Kier alpha value is -1.39. The van der Waals surface area contributed by atoms with Crippen LogP contribution in [0.25, 0.3) is 0 Å². The van der Waals surface area contributed by atoms with Gasteiger partial charge in [-0.2, -0.15) is 0 Å². The zero-order valence-corrected chi connectivity index (χ0v) is 12.6. The van der Waals surface area contributed by atoms with Crippen LogP contribution in [0, 0.1) is 5.92 Å². The predicted molar refractivity (Wildman–Crippen MR) is 82.3 cm³/mol. The van der Waals surface area contributed by atoms with E-state index >= 15 is 0 Å². The fourth-order valence-electron chi connectivity index (χ4n) is 3.14. The van der Waals surface area contributed by atoms with Crippen molar-refractivity contribution in [1.29, 1.82) is 0 Å². The highest BCUT2D eigenvalue weighted by Gasteiger charge is 2.32. The van der Waals surface area contributed by atoms with E-state index in [2.05, 4.69) is 5.32 Å². The molecule has 0 bridgehead atoms. The van der Waals surface area contributed by atoms with Gasteiger partial charge in [0.25, 0.3) is 0 Å². The van der Waals surface area contributed by atoms with Gasteiger partial charge in [-0.05, 0) is 43.4 Å². The quantitative estimate of drug-likeness (QED) is 0.754. The number of aliphatic hydroxyl groups is 1. The molecule has 21 heavy (non-hydrogen) atoms. The Kier molecular flexibility index (Phi) is 5.37. The normalized spacial score (nSPS) is 19.1. The molecule has 1 saturated carbocycles. The summed E-state index contributed by atoms with van der Waals surface area (Å²) in [6.07, 6.45) is 5.90. The molecule has 116 valence electrons. The van der Waals surface area contributed by atoms with Gasteiger partial charge in [0.15, 0.2) is 0 Å². The SMILES string of the molecule is CC(O)(CNCc1cccc(C(=O)O)c1)C1CCCCC1. The minimum atomic E-state index is -0.911. The Morgan fingerprint density at radius 1 is 1.33 bits per heavy atom. The number of benzene rings is 1. The second-order valence-electron chi connectivity index (χ2n) is 6.30. The molecule has 2 rings (SSSR count). The Balaban J connectivity index is 1.85. The summed E-state index contributed by atoms with van der Waals surface area (Å²) in [5.41, 5.74) is 0.535. The minimum Gasteiger partial charge on any atom is -0.478 e. The van der Waals surface area contributed by atoms with Crippen LogP contribution in [0.15, 0.2) is 24.3 Å². The molecule has 0 amide bonds. The highest BCUT2D eigenvalue weighted by atomic mass is 16.4. The van der Waals surface area contributed by atoms with Gasteiger partial charge in [0.2, 0.25) is 0 Å². The summed E-state index contributed by atoms with van der Waals surface area (Å²) in [6.45, 7) is 3.02. The van der Waals surface area contributed by atoms with E-state index in [0.717, 1.165) is 18.4 Å². The summed E-state index contributed by atoms with van der Waals surface area (Å²) in [7, 11) is 0. The van der Waals surface area contributed by atoms with Gasteiger partial charge < -0.3 is 15.5 Å². The zero-order chi connectivity index (χ0) is 15.3. The van der Waals surface area contributed by atoms with Crippen LogP contribution in [0.2, 0.25) is 0 Å². The highest BCUT2D eigenvalue weighted by molar-refractivity contribution is 5.87. The lowest BCUT2D eigenvalue weighted by Crippen LogP contribution is -2.44. The van der Waals surface area contributed by atoms with Crippen LogP contribution in [-0.2, 0) is 6.54 Å². The molecule has 3 N–H and O–H groups in total. The number of rotatable bonds is 6. The molecular weight excluding hydrogens is 266 g/mol. The lowest BCUT2D eigenvalue weighted by atomic mass is 9.78. The summed E-state index contributed by atoms with van der Waals surface area (Å²) < 4.78 is 0.